The monoisotopic (exact) mass is 269 g/mol. The molecule has 1 aromatic rings. The molecule has 98 valence electrons. The summed E-state index contributed by atoms with van der Waals surface area (Å²) in [5.41, 5.74) is 0.192. The zero-order valence-corrected chi connectivity index (χ0v) is 11.1. The van der Waals surface area contributed by atoms with Crippen LogP contribution >= 0.6 is 12.6 Å². The molecule has 0 bridgehead atoms. The van der Waals surface area contributed by atoms with Crippen LogP contribution in [0.15, 0.2) is 18.2 Å². The van der Waals surface area contributed by atoms with Crippen LogP contribution in [-0.4, -0.2) is 18.8 Å². The molecule has 1 amide bonds. The topological polar surface area (TPSA) is 38.3 Å². The minimum atomic E-state index is -0.458. The number of anilines is 1. The second-order valence-electron chi connectivity index (χ2n) is 4.73. The van der Waals surface area contributed by atoms with E-state index in [4.69, 9.17) is 4.74 Å². The summed E-state index contributed by atoms with van der Waals surface area (Å²) in [5.74, 6) is 0.580. The van der Waals surface area contributed by atoms with E-state index in [1.165, 1.54) is 25.3 Å². The number of methoxy groups -OCH3 is 1. The lowest BCUT2D eigenvalue weighted by atomic mass is 10.1. The van der Waals surface area contributed by atoms with Crippen molar-refractivity contribution in [3.05, 3.63) is 24.0 Å². The van der Waals surface area contributed by atoms with E-state index in [0.29, 0.717) is 17.9 Å². The molecule has 1 fully saturated rings. The maximum Gasteiger partial charge on any atom is 0.225 e. The summed E-state index contributed by atoms with van der Waals surface area (Å²) in [6, 6.07) is 4.27. The highest BCUT2D eigenvalue weighted by atomic mass is 32.1. The maximum absolute atomic E-state index is 13.5. The number of nitrogens with one attached hydrogen (secondary N) is 1. The number of amides is 1. The Morgan fingerprint density at radius 3 is 2.83 bits per heavy atom. The van der Waals surface area contributed by atoms with Gasteiger partial charge in [0.2, 0.25) is 5.91 Å². The van der Waals surface area contributed by atoms with Crippen LogP contribution in [0.1, 0.15) is 19.3 Å². The number of carbonyl (C=O) groups excluding carboxylic acids is 1. The molecule has 1 aromatic carbocycles. The fraction of sp³-hybridized carbons (Fsp3) is 0.462. The first-order valence-electron chi connectivity index (χ1n) is 5.83. The molecule has 5 heteroatoms. The summed E-state index contributed by atoms with van der Waals surface area (Å²) in [6.07, 6.45) is 2.43. The predicted octanol–water partition coefficient (Wildman–Crippen LogP) is 2.87. The predicted molar refractivity (Wildman–Crippen MR) is 71.7 cm³/mol. The summed E-state index contributed by atoms with van der Waals surface area (Å²) in [6.45, 7) is 0. The van der Waals surface area contributed by atoms with Gasteiger partial charge in [0.25, 0.3) is 0 Å². The number of rotatable bonds is 5. The van der Waals surface area contributed by atoms with Crippen LogP contribution in [0.4, 0.5) is 10.1 Å². The lowest BCUT2D eigenvalue weighted by Crippen LogP contribution is -2.18. The Morgan fingerprint density at radius 2 is 2.28 bits per heavy atom. The second kappa shape index (κ2) is 5.18. The number of thiol groups is 1. The molecule has 0 unspecified atom stereocenters. The van der Waals surface area contributed by atoms with E-state index in [-0.39, 0.29) is 17.0 Å². The third-order valence-corrected chi connectivity index (χ3v) is 3.95. The molecule has 1 aliphatic rings. The Balaban J connectivity index is 2.02. The van der Waals surface area contributed by atoms with E-state index in [9.17, 15) is 9.18 Å². The van der Waals surface area contributed by atoms with Gasteiger partial charge in [-0.2, -0.15) is 12.6 Å². The molecule has 0 saturated heterocycles. The largest absolute Gasteiger partial charge is 0.497 e. The summed E-state index contributed by atoms with van der Waals surface area (Å²) in [5, 5.41) is 2.59. The zero-order valence-electron chi connectivity index (χ0n) is 10.2. The first kappa shape index (κ1) is 13.2. The van der Waals surface area contributed by atoms with Crippen LogP contribution in [0.5, 0.6) is 5.75 Å². The SMILES string of the molecule is COc1ccc(F)c(NC(=O)CC2(CS)CC2)c1. The number of carbonyl (C=O) groups is 1. The van der Waals surface area contributed by atoms with Crippen molar-refractivity contribution >= 4 is 24.2 Å². The Morgan fingerprint density at radius 1 is 1.56 bits per heavy atom. The fourth-order valence-corrected chi connectivity index (χ4v) is 2.26. The van der Waals surface area contributed by atoms with E-state index >= 15 is 0 Å². The van der Waals surface area contributed by atoms with Crippen LogP contribution in [0.2, 0.25) is 0 Å². The van der Waals surface area contributed by atoms with Gasteiger partial charge in [-0.3, -0.25) is 4.79 Å². The first-order chi connectivity index (χ1) is 8.58. The molecule has 18 heavy (non-hydrogen) atoms. The van der Waals surface area contributed by atoms with Crippen molar-refractivity contribution < 1.29 is 13.9 Å². The minimum Gasteiger partial charge on any atom is -0.497 e. The molecular formula is C13H16FNO2S. The first-order valence-corrected chi connectivity index (χ1v) is 6.46. The minimum absolute atomic E-state index is 0.0303. The molecule has 2 rings (SSSR count). The van der Waals surface area contributed by atoms with Gasteiger partial charge < -0.3 is 10.1 Å². The van der Waals surface area contributed by atoms with Crippen molar-refractivity contribution in [3.63, 3.8) is 0 Å². The Kier molecular flexibility index (Phi) is 3.80. The van der Waals surface area contributed by atoms with Crippen molar-refractivity contribution in [2.75, 3.05) is 18.2 Å². The molecule has 1 N–H and O–H groups in total. The van der Waals surface area contributed by atoms with E-state index < -0.39 is 5.82 Å². The van der Waals surface area contributed by atoms with Crippen LogP contribution in [0.25, 0.3) is 0 Å². The molecule has 0 aromatic heterocycles. The van der Waals surface area contributed by atoms with Gasteiger partial charge in [0.15, 0.2) is 0 Å². The summed E-state index contributed by atoms with van der Waals surface area (Å²) in [4.78, 5) is 11.8. The van der Waals surface area contributed by atoms with Crippen molar-refractivity contribution in [1.82, 2.24) is 0 Å². The highest BCUT2D eigenvalue weighted by molar-refractivity contribution is 7.80. The number of ether oxygens (including phenoxy) is 1. The molecule has 0 atom stereocenters. The average molecular weight is 269 g/mol. The van der Waals surface area contributed by atoms with Gasteiger partial charge in [0, 0.05) is 12.5 Å². The van der Waals surface area contributed by atoms with E-state index in [1.807, 2.05) is 0 Å². The van der Waals surface area contributed by atoms with Gasteiger partial charge in [0.05, 0.1) is 12.8 Å². The van der Waals surface area contributed by atoms with Gasteiger partial charge in [-0.25, -0.2) is 4.39 Å². The van der Waals surface area contributed by atoms with Gasteiger partial charge in [-0.1, -0.05) is 0 Å². The van der Waals surface area contributed by atoms with Crippen molar-refractivity contribution in [3.8, 4) is 5.75 Å². The second-order valence-corrected chi connectivity index (χ2v) is 5.05. The van der Waals surface area contributed by atoms with E-state index in [1.54, 1.807) is 0 Å². The molecule has 0 heterocycles. The summed E-state index contributed by atoms with van der Waals surface area (Å²) < 4.78 is 18.5. The normalized spacial score (nSPS) is 16.2. The molecule has 0 aliphatic heterocycles. The molecular weight excluding hydrogens is 253 g/mol. The lowest BCUT2D eigenvalue weighted by molar-refractivity contribution is -0.117. The van der Waals surface area contributed by atoms with Crippen LogP contribution < -0.4 is 10.1 Å². The lowest BCUT2D eigenvalue weighted by Gasteiger charge is -2.12. The third-order valence-electron chi connectivity index (χ3n) is 3.28. The summed E-state index contributed by atoms with van der Waals surface area (Å²) in [7, 11) is 1.50. The van der Waals surface area contributed by atoms with Crippen molar-refractivity contribution in [1.29, 1.82) is 0 Å². The molecule has 1 saturated carbocycles. The van der Waals surface area contributed by atoms with Gasteiger partial charge in [-0.05, 0) is 36.1 Å². The number of benzene rings is 1. The summed E-state index contributed by atoms with van der Waals surface area (Å²) >= 11 is 4.24. The molecule has 0 spiro atoms. The maximum atomic E-state index is 13.5. The Bertz CT molecular complexity index is 460. The molecule has 3 nitrogen and oxygen atoms in total. The number of halogens is 1. The average Bonchev–Trinajstić information content (AvgIpc) is 3.12. The van der Waals surface area contributed by atoms with Crippen molar-refractivity contribution in [2.45, 2.75) is 19.3 Å². The highest BCUT2D eigenvalue weighted by Crippen LogP contribution is 2.49. The van der Waals surface area contributed by atoms with Crippen molar-refractivity contribution in [2.24, 2.45) is 5.41 Å². The van der Waals surface area contributed by atoms with Gasteiger partial charge >= 0.3 is 0 Å². The highest BCUT2D eigenvalue weighted by Gasteiger charge is 2.42. The molecule has 0 radical (unpaired) electrons. The van der Waals surface area contributed by atoms with Crippen LogP contribution in [0.3, 0.4) is 0 Å². The Labute approximate surface area is 111 Å². The van der Waals surface area contributed by atoms with Crippen LogP contribution in [-0.2, 0) is 4.79 Å². The third kappa shape index (κ3) is 2.96. The van der Waals surface area contributed by atoms with Crippen LogP contribution in [0, 0.1) is 11.2 Å². The smallest absolute Gasteiger partial charge is 0.225 e. The van der Waals surface area contributed by atoms with E-state index in [2.05, 4.69) is 17.9 Å². The number of hydrogen-bond acceptors (Lipinski definition) is 3. The zero-order chi connectivity index (χ0) is 13.2. The Hall–Kier alpha value is -1.23. The number of hydrogen-bond donors (Lipinski definition) is 2. The standard InChI is InChI=1S/C13H16FNO2S/c1-17-9-2-3-10(14)11(6-9)15-12(16)7-13(8-18)4-5-13/h2-3,6,18H,4-5,7-8H2,1H3,(H,15,16). The molecule has 1 aliphatic carbocycles. The van der Waals surface area contributed by atoms with E-state index in [0.717, 1.165) is 12.8 Å². The van der Waals surface area contributed by atoms with Gasteiger partial charge in [0.1, 0.15) is 11.6 Å². The van der Waals surface area contributed by atoms with Gasteiger partial charge in [-0.15, -0.1) is 0 Å². The fourth-order valence-electron chi connectivity index (χ4n) is 1.83. The quantitative estimate of drug-likeness (QED) is 0.807.